The van der Waals surface area contributed by atoms with Crippen molar-refractivity contribution in [1.29, 1.82) is 0 Å². The number of halogens is 1. The zero-order valence-corrected chi connectivity index (χ0v) is 9.52. The Bertz CT molecular complexity index is 188. The molecule has 0 radical (unpaired) electrons. The molecule has 1 amide bonds. The molecule has 4 heteroatoms. The van der Waals surface area contributed by atoms with Gasteiger partial charge in [-0.1, -0.05) is 13.8 Å². The van der Waals surface area contributed by atoms with Gasteiger partial charge < -0.3 is 10.6 Å². The van der Waals surface area contributed by atoms with Crippen molar-refractivity contribution >= 4 is 18.3 Å². The smallest absolute Gasteiger partial charge is 0.246 e. The molecule has 13 heavy (non-hydrogen) atoms. The molecular weight excluding hydrogens is 188 g/mol. The largest absolute Gasteiger partial charge is 0.383 e. The number of hydrogen-bond acceptors (Lipinski definition) is 2. The van der Waals surface area contributed by atoms with Crippen LogP contribution in [-0.4, -0.2) is 24.9 Å². The van der Waals surface area contributed by atoms with Gasteiger partial charge in [-0.2, -0.15) is 0 Å². The van der Waals surface area contributed by atoms with E-state index >= 15 is 0 Å². The fraction of sp³-hybridized carbons (Fsp3) is 0.667. The average Bonchev–Trinajstić information content (AvgIpc) is 1.83. The van der Waals surface area contributed by atoms with Crippen LogP contribution in [0.15, 0.2) is 11.8 Å². The quantitative estimate of drug-likeness (QED) is 0.707. The zero-order valence-electron chi connectivity index (χ0n) is 8.70. The predicted octanol–water partition coefficient (Wildman–Crippen LogP) is 1.39. The number of primary amides is 1. The molecule has 0 saturated carbocycles. The van der Waals surface area contributed by atoms with E-state index in [0.717, 1.165) is 6.42 Å². The third-order valence-electron chi connectivity index (χ3n) is 1.36. The number of amides is 1. The Balaban J connectivity index is 0. The van der Waals surface area contributed by atoms with Gasteiger partial charge in [0.05, 0.1) is 0 Å². The minimum absolute atomic E-state index is 0. The Hall–Kier alpha value is -0.700. The van der Waals surface area contributed by atoms with Gasteiger partial charge in [-0.15, -0.1) is 12.4 Å². The van der Waals surface area contributed by atoms with Crippen molar-refractivity contribution in [1.82, 2.24) is 4.90 Å². The highest BCUT2D eigenvalue weighted by molar-refractivity contribution is 5.91. The molecule has 0 unspecified atom stereocenters. The summed E-state index contributed by atoms with van der Waals surface area (Å²) < 4.78 is 0. The number of carbonyl (C=O) groups excluding carboxylic acids is 1. The minimum Gasteiger partial charge on any atom is -0.383 e. The Kier molecular flexibility index (Phi) is 7.72. The molecule has 2 N–H and O–H groups in total. The van der Waals surface area contributed by atoms with Crippen molar-refractivity contribution in [3.8, 4) is 0 Å². The van der Waals surface area contributed by atoms with E-state index in [1.807, 2.05) is 19.0 Å². The second kappa shape index (κ2) is 6.78. The molecule has 0 bridgehead atoms. The summed E-state index contributed by atoms with van der Waals surface area (Å²) in [5.74, 6) is 0.140. The molecule has 0 aromatic rings. The van der Waals surface area contributed by atoms with Crippen molar-refractivity contribution in [2.24, 2.45) is 11.7 Å². The summed E-state index contributed by atoms with van der Waals surface area (Å²) in [5, 5.41) is 0. The maximum atomic E-state index is 10.9. The van der Waals surface area contributed by atoms with Crippen LogP contribution in [0.2, 0.25) is 0 Å². The molecule has 0 fully saturated rings. The van der Waals surface area contributed by atoms with Gasteiger partial charge in [-0.25, -0.2) is 0 Å². The number of hydrogen-bond donors (Lipinski definition) is 1. The fourth-order valence-corrected chi connectivity index (χ4v) is 0.968. The topological polar surface area (TPSA) is 46.3 Å². The Morgan fingerprint density at radius 3 is 2.15 bits per heavy atom. The number of carbonyl (C=O) groups is 1. The van der Waals surface area contributed by atoms with Crippen LogP contribution in [0, 0.1) is 5.92 Å². The lowest BCUT2D eigenvalue weighted by Gasteiger charge is -2.10. The normalized spacial score (nSPS) is 11.0. The van der Waals surface area contributed by atoms with Crippen molar-refractivity contribution in [2.45, 2.75) is 20.3 Å². The molecular formula is C9H19ClN2O. The molecule has 78 valence electrons. The first kappa shape index (κ1) is 14.8. The van der Waals surface area contributed by atoms with Crippen LogP contribution in [0.4, 0.5) is 0 Å². The second-order valence-electron chi connectivity index (χ2n) is 3.58. The molecule has 3 nitrogen and oxygen atoms in total. The summed E-state index contributed by atoms with van der Waals surface area (Å²) in [7, 11) is 3.76. The van der Waals surface area contributed by atoms with Crippen molar-refractivity contribution in [2.75, 3.05) is 14.1 Å². The highest BCUT2D eigenvalue weighted by Gasteiger charge is 2.07. The molecule has 0 rings (SSSR count). The average molecular weight is 207 g/mol. The number of nitrogens with zero attached hydrogens (tertiary/aromatic N) is 1. The summed E-state index contributed by atoms with van der Waals surface area (Å²) in [4.78, 5) is 12.7. The Morgan fingerprint density at radius 2 is 1.92 bits per heavy atom. The maximum Gasteiger partial charge on any atom is 0.246 e. The molecule has 0 aromatic heterocycles. The van der Waals surface area contributed by atoms with E-state index in [2.05, 4.69) is 13.8 Å². The molecule has 0 spiro atoms. The van der Waals surface area contributed by atoms with Gasteiger partial charge in [-0.05, 0) is 12.3 Å². The molecule has 0 atom stereocenters. The van der Waals surface area contributed by atoms with Gasteiger partial charge in [0.25, 0.3) is 0 Å². The SMILES string of the molecule is CC(C)C/C(=C\N(C)C)C(N)=O.Cl. The van der Waals surface area contributed by atoms with Crippen LogP contribution in [0.25, 0.3) is 0 Å². The van der Waals surface area contributed by atoms with E-state index in [1.54, 1.807) is 6.20 Å². The summed E-state index contributed by atoms with van der Waals surface area (Å²) in [6, 6.07) is 0. The van der Waals surface area contributed by atoms with Crippen LogP contribution in [0.3, 0.4) is 0 Å². The van der Waals surface area contributed by atoms with Gasteiger partial charge in [0, 0.05) is 25.9 Å². The van der Waals surface area contributed by atoms with Crippen LogP contribution in [0.5, 0.6) is 0 Å². The van der Waals surface area contributed by atoms with Gasteiger partial charge in [0.2, 0.25) is 5.91 Å². The van der Waals surface area contributed by atoms with E-state index in [9.17, 15) is 4.79 Å². The van der Waals surface area contributed by atoms with Crippen molar-refractivity contribution in [3.05, 3.63) is 11.8 Å². The third-order valence-corrected chi connectivity index (χ3v) is 1.36. The lowest BCUT2D eigenvalue weighted by atomic mass is 10.0. The highest BCUT2D eigenvalue weighted by atomic mass is 35.5. The Labute approximate surface area is 86.4 Å². The molecule has 0 aromatic carbocycles. The summed E-state index contributed by atoms with van der Waals surface area (Å²) in [6.07, 6.45) is 2.52. The van der Waals surface area contributed by atoms with E-state index in [4.69, 9.17) is 5.73 Å². The lowest BCUT2D eigenvalue weighted by Crippen LogP contribution is -2.18. The van der Waals surface area contributed by atoms with Crippen LogP contribution >= 0.6 is 12.4 Å². The Morgan fingerprint density at radius 1 is 1.46 bits per heavy atom. The third kappa shape index (κ3) is 7.65. The van der Waals surface area contributed by atoms with Crippen molar-refractivity contribution < 1.29 is 4.79 Å². The predicted molar refractivity (Wildman–Crippen MR) is 57.7 cm³/mol. The fourth-order valence-electron chi connectivity index (χ4n) is 0.968. The zero-order chi connectivity index (χ0) is 9.72. The minimum atomic E-state index is -0.322. The molecule has 0 aliphatic carbocycles. The number of rotatable bonds is 4. The van der Waals surface area contributed by atoms with Crippen LogP contribution in [-0.2, 0) is 4.79 Å². The van der Waals surface area contributed by atoms with Gasteiger partial charge in [-0.3, -0.25) is 4.79 Å². The first-order valence-corrected chi connectivity index (χ1v) is 4.10. The van der Waals surface area contributed by atoms with Gasteiger partial charge in [0.1, 0.15) is 0 Å². The molecule has 0 aliphatic rings. The van der Waals surface area contributed by atoms with Crippen LogP contribution < -0.4 is 5.73 Å². The highest BCUT2D eigenvalue weighted by Crippen LogP contribution is 2.10. The first-order chi connectivity index (χ1) is 5.43. The molecule has 0 heterocycles. The lowest BCUT2D eigenvalue weighted by molar-refractivity contribution is -0.114. The van der Waals surface area contributed by atoms with E-state index in [0.29, 0.717) is 11.5 Å². The first-order valence-electron chi connectivity index (χ1n) is 4.10. The maximum absolute atomic E-state index is 10.9. The molecule has 0 saturated heterocycles. The second-order valence-corrected chi connectivity index (χ2v) is 3.58. The monoisotopic (exact) mass is 206 g/mol. The summed E-state index contributed by atoms with van der Waals surface area (Å²) in [6.45, 7) is 4.12. The van der Waals surface area contributed by atoms with Crippen LogP contribution in [0.1, 0.15) is 20.3 Å². The van der Waals surface area contributed by atoms with Gasteiger partial charge in [0.15, 0.2) is 0 Å². The van der Waals surface area contributed by atoms with Crippen molar-refractivity contribution in [3.63, 3.8) is 0 Å². The van der Waals surface area contributed by atoms with E-state index < -0.39 is 0 Å². The summed E-state index contributed by atoms with van der Waals surface area (Å²) >= 11 is 0. The van der Waals surface area contributed by atoms with Gasteiger partial charge >= 0.3 is 0 Å². The van der Waals surface area contributed by atoms with E-state index in [1.165, 1.54) is 0 Å². The molecule has 0 aliphatic heterocycles. The standard InChI is InChI=1S/C9H18N2O.ClH/c1-7(2)5-8(9(10)12)6-11(3)4;/h6-7H,5H2,1-4H3,(H2,10,12);1H/b8-6+;. The summed E-state index contributed by atoms with van der Waals surface area (Å²) in [5.41, 5.74) is 5.89. The number of nitrogens with two attached hydrogens (primary N) is 1. The van der Waals surface area contributed by atoms with E-state index in [-0.39, 0.29) is 18.3 Å².